The van der Waals surface area contributed by atoms with Crippen LogP contribution in [-0.4, -0.2) is 54.3 Å². The van der Waals surface area contributed by atoms with Gasteiger partial charge in [0.25, 0.3) is 5.91 Å². The van der Waals surface area contributed by atoms with E-state index in [2.05, 4.69) is 5.32 Å². The van der Waals surface area contributed by atoms with Gasteiger partial charge < -0.3 is 15.1 Å². The van der Waals surface area contributed by atoms with Crippen molar-refractivity contribution in [3.63, 3.8) is 0 Å². The van der Waals surface area contributed by atoms with Gasteiger partial charge in [0, 0.05) is 51.3 Å². The van der Waals surface area contributed by atoms with Gasteiger partial charge in [-0.25, -0.2) is 8.78 Å². The van der Waals surface area contributed by atoms with Crippen LogP contribution in [-0.2, 0) is 11.3 Å². The van der Waals surface area contributed by atoms with E-state index in [4.69, 9.17) is 11.6 Å². The highest BCUT2D eigenvalue weighted by Gasteiger charge is 2.21. The van der Waals surface area contributed by atoms with Crippen LogP contribution in [0, 0.1) is 11.6 Å². The number of rotatable bonds is 6. The van der Waals surface area contributed by atoms with E-state index in [1.54, 1.807) is 17.0 Å². The van der Waals surface area contributed by atoms with Crippen LogP contribution in [0.4, 0.5) is 8.78 Å². The molecule has 1 fully saturated rings. The predicted octanol–water partition coefficient (Wildman–Crippen LogP) is 3.08. The number of carbonyl (C=O) groups excluding carboxylic acids is 2. The molecule has 0 aromatic heterocycles. The summed E-state index contributed by atoms with van der Waals surface area (Å²) in [4.78, 5) is 28.8. The van der Waals surface area contributed by atoms with Crippen molar-refractivity contribution in [1.82, 2.24) is 15.1 Å². The summed E-state index contributed by atoms with van der Waals surface area (Å²) in [5, 5.41) is 3.05. The Labute approximate surface area is 173 Å². The second kappa shape index (κ2) is 9.80. The fraction of sp³-hybridized carbons (Fsp3) is 0.333. The Morgan fingerprint density at radius 1 is 1.07 bits per heavy atom. The fourth-order valence-corrected chi connectivity index (χ4v) is 3.36. The Morgan fingerprint density at radius 3 is 2.41 bits per heavy atom. The first-order chi connectivity index (χ1) is 13.9. The first-order valence-corrected chi connectivity index (χ1v) is 9.79. The molecular formula is C21H22ClF2N3O2. The van der Waals surface area contributed by atoms with Crippen molar-refractivity contribution in [2.75, 3.05) is 32.7 Å². The molecule has 29 heavy (non-hydrogen) atoms. The van der Waals surface area contributed by atoms with Crippen LogP contribution in [0.5, 0.6) is 0 Å². The van der Waals surface area contributed by atoms with Gasteiger partial charge in [0.2, 0.25) is 5.91 Å². The highest BCUT2D eigenvalue weighted by molar-refractivity contribution is 6.31. The van der Waals surface area contributed by atoms with E-state index < -0.39 is 5.82 Å². The summed E-state index contributed by atoms with van der Waals surface area (Å²) in [5.74, 6) is -1.38. The monoisotopic (exact) mass is 421 g/mol. The molecule has 1 saturated heterocycles. The van der Waals surface area contributed by atoms with Gasteiger partial charge in [-0.05, 0) is 35.9 Å². The molecule has 3 rings (SSSR count). The molecule has 5 nitrogen and oxygen atoms in total. The van der Waals surface area contributed by atoms with Crippen LogP contribution in [0.3, 0.4) is 0 Å². The molecule has 0 unspecified atom stereocenters. The van der Waals surface area contributed by atoms with Crippen LogP contribution in [0.15, 0.2) is 42.5 Å². The number of hydrogen-bond donors (Lipinski definition) is 1. The molecule has 8 heteroatoms. The molecule has 0 saturated carbocycles. The average molecular weight is 422 g/mol. The number of nitrogens with one attached hydrogen (secondary N) is 1. The molecule has 2 aromatic rings. The van der Waals surface area contributed by atoms with Crippen LogP contribution >= 0.6 is 11.6 Å². The molecule has 1 aliphatic heterocycles. The summed E-state index contributed by atoms with van der Waals surface area (Å²) < 4.78 is 26.7. The number of hydrogen-bond acceptors (Lipinski definition) is 3. The molecule has 2 aromatic carbocycles. The highest BCUT2D eigenvalue weighted by Crippen LogP contribution is 2.19. The Hall–Kier alpha value is -2.51. The van der Waals surface area contributed by atoms with E-state index in [1.165, 1.54) is 29.2 Å². The zero-order chi connectivity index (χ0) is 20.8. The summed E-state index contributed by atoms with van der Waals surface area (Å²) in [6, 6.07) is 9.58. The van der Waals surface area contributed by atoms with Crippen LogP contribution in [0.2, 0.25) is 5.02 Å². The van der Waals surface area contributed by atoms with E-state index in [0.29, 0.717) is 13.1 Å². The van der Waals surface area contributed by atoms with Gasteiger partial charge in [-0.2, -0.15) is 0 Å². The summed E-state index contributed by atoms with van der Waals surface area (Å²) in [7, 11) is 0. The van der Waals surface area contributed by atoms with Gasteiger partial charge in [-0.3, -0.25) is 9.59 Å². The normalized spacial score (nSPS) is 14.0. The molecule has 0 bridgehead atoms. The summed E-state index contributed by atoms with van der Waals surface area (Å²) in [6.07, 6.45) is 0.169. The standard InChI is InChI=1S/C21H22ClF2N3O2/c22-18-13-16(3-6-19(18)24)21(29)27(14-15-1-4-17(23)5-2-15)10-7-20(28)26-11-8-25-9-12-26/h1-6,13,25H,7-12,14H2. The first kappa shape index (κ1) is 21.2. The highest BCUT2D eigenvalue weighted by atomic mass is 35.5. The van der Waals surface area contributed by atoms with Gasteiger partial charge in [0.15, 0.2) is 0 Å². The Balaban J connectivity index is 1.74. The lowest BCUT2D eigenvalue weighted by molar-refractivity contribution is -0.132. The lowest BCUT2D eigenvalue weighted by Crippen LogP contribution is -2.47. The van der Waals surface area contributed by atoms with Gasteiger partial charge >= 0.3 is 0 Å². The maximum Gasteiger partial charge on any atom is 0.254 e. The maximum absolute atomic E-state index is 13.5. The molecule has 0 atom stereocenters. The molecule has 0 aliphatic carbocycles. The molecule has 154 valence electrons. The number of benzene rings is 2. The summed E-state index contributed by atoms with van der Waals surface area (Å²) >= 11 is 5.82. The largest absolute Gasteiger partial charge is 0.340 e. The smallest absolute Gasteiger partial charge is 0.254 e. The predicted molar refractivity (Wildman–Crippen MR) is 107 cm³/mol. The maximum atomic E-state index is 13.5. The average Bonchev–Trinajstić information content (AvgIpc) is 2.74. The first-order valence-electron chi connectivity index (χ1n) is 9.41. The number of carbonyl (C=O) groups is 2. The van der Waals surface area contributed by atoms with Crippen LogP contribution in [0.25, 0.3) is 0 Å². The number of piperazine rings is 1. The van der Waals surface area contributed by atoms with E-state index >= 15 is 0 Å². The Morgan fingerprint density at radius 2 is 1.76 bits per heavy atom. The summed E-state index contributed by atoms with van der Waals surface area (Å²) in [5.41, 5.74) is 0.954. The van der Waals surface area contributed by atoms with Crippen molar-refractivity contribution in [1.29, 1.82) is 0 Å². The molecule has 2 amide bonds. The van der Waals surface area contributed by atoms with Crippen molar-refractivity contribution < 1.29 is 18.4 Å². The molecular weight excluding hydrogens is 400 g/mol. The second-order valence-corrected chi connectivity index (χ2v) is 7.27. The van der Waals surface area contributed by atoms with Crippen LogP contribution in [0.1, 0.15) is 22.3 Å². The minimum absolute atomic E-state index is 0.0273. The van der Waals surface area contributed by atoms with E-state index in [-0.39, 0.29) is 47.7 Å². The minimum Gasteiger partial charge on any atom is -0.340 e. The summed E-state index contributed by atoms with van der Waals surface area (Å²) in [6.45, 7) is 3.16. The lowest BCUT2D eigenvalue weighted by Gasteiger charge is -2.29. The van der Waals surface area contributed by atoms with E-state index in [9.17, 15) is 18.4 Å². The van der Waals surface area contributed by atoms with Crippen molar-refractivity contribution >= 4 is 23.4 Å². The molecule has 0 spiro atoms. The molecule has 0 radical (unpaired) electrons. The third-order valence-corrected chi connectivity index (χ3v) is 5.10. The number of halogens is 3. The topological polar surface area (TPSA) is 52.7 Å². The molecule has 1 heterocycles. The minimum atomic E-state index is -0.609. The van der Waals surface area contributed by atoms with Crippen LogP contribution < -0.4 is 5.32 Å². The fourth-order valence-electron chi connectivity index (χ4n) is 3.18. The van der Waals surface area contributed by atoms with Gasteiger partial charge in [0.1, 0.15) is 11.6 Å². The number of amides is 2. The van der Waals surface area contributed by atoms with Crippen molar-refractivity contribution in [2.24, 2.45) is 0 Å². The van der Waals surface area contributed by atoms with Gasteiger partial charge in [0.05, 0.1) is 5.02 Å². The third kappa shape index (κ3) is 5.74. The number of nitrogens with zero attached hydrogens (tertiary/aromatic N) is 2. The van der Waals surface area contributed by atoms with Gasteiger partial charge in [-0.15, -0.1) is 0 Å². The lowest BCUT2D eigenvalue weighted by atomic mass is 10.1. The van der Waals surface area contributed by atoms with Gasteiger partial charge in [-0.1, -0.05) is 23.7 Å². The quantitative estimate of drug-likeness (QED) is 0.779. The zero-order valence-corrected chi connectivity index (χ0v) is 16.6. The van der Waals surface area contributed by atoms with E-state index in [0.717, 1.165) is 24.7 Å². The van der Waals surface area contributed by atoms with Crippen molar-refractivity contribution in [3.8, 4) is 0 Å². The SMILES string of the molecule is O=C(CCN(Cc1ccc(F)cc1)C(=O)c1ccc(F)c(Cl)c1)N1CCNCC1. The third-order valence-electron chi connectivity index (χ3n) is 4.81. The second-order valence-electron chi connectivity index (χ2n) is 6.86. The van der Waals surface area contributed by atoms with Crippen molar-refractivity contribution in [3.05, 3.63) is 70.2 Å². The zero-order valence-electron chi connectivity index (χ0n) is 15.8. The van der Waals surface area contributed by atoms with Crippen molar-refractivity contribution in [2.45, 2.75) is 13.0 Å². The Bertz CT molecular complexity index is 871. The molecule has 1 aliphatic rings. The molecule has 1 N–H and O–H groups in total. The Kier molecular flexibility index (Phi) is 7.17. The van der Waals surface area contributed by atoms with E-state index in [1.807, 2.05) is 0 Å².